The summed E-state index contributed by atoms with van der Waals surface area (Å²) in [5, 5.41) is 13.6. The van der Waals surface area contributed by atoms with Crippen LogP contribution in [0.15, 0.2) is 48.8 Å². The van der Waals surface area contributed by atoms with Crippen LogP contribution in [0, 0.1) is 0 Å². The molecule has 2 heterocycles. The minimum absolute atomic E-state index is 0.0933. The fraction of sp³-hybridized carbons (Fsp3) is 0.188. The Morgan fingerprint density at radius 3 is 2.65 bits per heavy atom. The first-order chi connectivity index (χ1) is 9.86. The lowest BCUT2D eigenvalue weighted by Crippen LogP contribution is -2.12. The molecule has 0 radical (unpaired) electrons. The van der Waals surface area contributed by atoms with Crippen LogP contribution in [0.1, 0.15) is 16.7 Å². The number of fused-ring (bicyclic) bond motifs is 1. The molecule has 2 aromatic heterocycles. The molecular formula is C16H17N3O. The second-order valence-electron chi connectivity index (χ2n) is 4.79. The van der Waals surface area contributed by atoms with Crippen LogP contribution in [0.2, 0.25) is 0 Å². The topological polar surface area (TPSA) is 60.9 Å². The first kappa shape index (κ1) is 12.8. The molecule has 1 aromatic carbocycles. The molecule has 0 atom stereocenters. The van der Waals surface area contributed by atoms with Crippen molar-refractivity contribution >= 4 is 11.0 Å². The highest BCUT2D eigenvalue weighted by Gasteiger charge is 2.03. The predicted molar refractivity (Wildman–Crippen MR) is 79.0 cm³/mol. The fourth-order valence-corrected chi connectivity index (χ4v) is 2.26. The van der Waals surface area contributed by atoms with Crippen molar-refractivity contribution in [2.24, 2.45) is 0 Å². The van der Waals surface area contributed by atoms with Gasteiger partial charge in [0.1, 0.15) is 5.65 Å². The summed E-state index contributed by atoms with van der Waals surface area (Å²) in [6, 6.07) is 12.0. The van der Waals surface area contributed by atoms with Gasteiger partial charge in [-0.25, -0.2) is 4.98 Å². The smallest absolute Gasteiger partial charge is 0.137 e. The van der Waals surface area contributed by atoms with Crippen molar-refractivity contribution in [3.05, 3.63) is 65.5 Å². The van der Waals surface area contributed by atoms with Gasteiger partial charge < -0.3 is 15.4 Å². The van der Waals surface area contributed by atoms with Gasteiger partial charge in [0.25, 0.3) is 0 Å². The number of nitrogens with zero attached hydrogens (tertiary/aromatic N) is 1. The summed E-state index contributed by atoms with van der Waals surface area (Å²) in [7, 11) is 0. The second kappa shape index (κ2) is 5.86. The molecule has 4 nitrogen and oxygen atoms in total. The molecule has 0 aliphatic carbocycles. The zero-order valence-electron chi connectivity index (χ0n) is 11.1. The number of aliphatic hydroxyl groups excluding tert-OH is 1. The summed E-state index contributed by atoms with van der Waals surface area (Å²) in [4.78, 5) is 7.45. The van der Waals surface area contributed by atoms with Crippen molar-refractivity contribution < 1.29 is 5.11 Å². The number of aliphatic hydroxyl groups is 1. The molecule has 0 spiro atoms. The van der Waals surface area contributed by atoms with Crippen molar-refractivity contribution in [2.45, 2.75) is 19.7 Å². The van der Waals surface area contributed by atoms with Gasteiger partial charge in [0.05, 0.1) is 6.61 Å². The van der Waals surface area contributed by atoms with Crippen LogP contribution in [-0.2, 0) is 19.7 Å². The number of rotatable bonds is 5. The highest BCUT2D eigenvalue weighted by Crippen LogP contribution is 2.15. The molecule has 3 N–H and O–H groups in total. The molecule has 0 bridgehead atoms. The second-order valence-corrected chi connectivity index (χ2v) is 4.79. The van der Waals surface area contributed by atoms with E-state index in [1.54, 1.807) is 6.20 Å². The van der Waals surface area contributed by atoms with Gasteiger partial charge in [-0.05, 0) is 28.8 Å². The molecule has 0 unspecified atom stereocenters. The molecule has 0 fully saturated rings. The highest BCUT2D eigenvalue weighted by molar-refractivity contribution is 5.79. The van der Waals surface area contributed by atoms with Crippen LogP contribution in [0.4, 0.5) is 0 Å². The Hall–Kier alpha value is -2.17. The van der Waals surface area contributed by atoms with Crippen LogP contribution in [-0.4, -0.2) is 15.1 Å². The Kier molecular flexibility index (Phi) is 3.76. The maximum Gasteiger partial charge on any atom is 0.137 e. The molecule has 4 heteroatoms. The Morgan fingerprint density at radius 1 is 1.05 bits per heavy atom. The van der Waals surface area contributed by atoms with E-state index in [2.05, 4.69) is 21.4 Å². The van der Waals surface area contributed by atoms with E-state index in [1.807, 2.05) is 36.5 Å². The normalized spacial score (nSPS) is 11.1. The average Bonchev–Trinajstić information content (AvgIpc) is 2.92. The molecule has 102 valence electrons. The standard InChI is InChI=1S/C16H17N3O/c20-11-13-5-3-12(4-6-13)8-17-9-14-10-19-16-15(14)2-1-7-18-16/h1-7,10,17,20H,8-9,11H2,(H,18,19). The SMILES string of the molecule is OCc1ccc(CNCc2c[nH]c3ncccc23)cc1. The fourth-order valence-electron chi connectivity index (χ4n) is 2.26. The number of aromatic nitrogens is 2. The quantitative estimate of drug-likeness (QED) is 0.665. The largest absolute Gasteiger partial charge is 0.392 e. The van der Waals surface area contributed by atoms with E-state index in [9.17, 15) is 0 Å². The van der Waals surface area contributed by atoms with E-state index in [4.69, 9.17) is 5.11 Å². The molecular weight excluding hydrogens is 250 g/mol. The van der Waals surface area contributed by atoms with E-state index < -0.39 is 0 Å². The van der Waals surface area contributed by atoms with Gasteiger partial charge in [-0.2, -0.15) is 0 Å². The summed E-state index contributed by atoms with van der Waals surface area (Å²) in [5.41, 5.74) is 4.30. The lowest BCUT2D eigenvalue weighted by molar-refractivity contribution is 0.282. The van der Waals surface area contributed by atoms with Gasteiger partial charge in [0.2, 0.25) is 0 Å². The summed E-state index contributed by atoms with van der Waals surface area (Å²) in [6.07, 6.45) is 3.79. The van der Waals surface area contributed by atoms with Crippen LogP contribution < -0.4 is 5.32 Å². The van der Waals surface area contributed by atoms with Crippen molar-refractivity contribution in [2.75, 3.05) is 0 Å². The number of nitrogens with one attached hydrogen (secondary N) is 2. The molecule has 0 aliphatic rings. The molecule has 3 rings (SSSR count). The monoisotopic (exact) mass is 267 g/mol. The Morgan fingerprint density at radius 2 is 1.85 bits per heavy atom. The Balaban J connectivity index is 1.62. The Labute approximate surface area is 117 Å². The first-order valence-electron chi connectivity index (χ1n) is 6.67. The van der Waals surface area contributed by atoms with Crippen molar-refractivity contribution in [1.29, 1.82) is 0 Å². The third-order valence-electron chi connectivity index (χ3n) is 3.39. The lowest BCUT2D eigenvalue weighted by Gasteiger charge is -2.05. The minimum Gasteiger partial charge on any atom is -0.392 e. The molecule has 0 amide bonds. The Bertz CT molecular complexity index is 688. The molecule has 20 heavy (non-hydrogen) atoms. The minimum atomic E-state index is 0.0933. The average molecular weight is 267 g/mol. The number of pyridine rings is 1. The zero-order valence-corrected chi connectivity index (χ0v) is 11.1. The zero-order chi connectivity index (χ0) is 13.8. The van der Waals surface area contributed by atoms with Gasteiger partial charge in [-0.1, -0.05) is 24.3 Å². The van der Waals surface area contributed by atoms with Gasteiger partial charge in [-0.15, -0.1) is 0 Å². The van der Waals surface area contributed by atoms with Crippen LogP contribution in [0.5, 0.6) is 0 Å². The van der Waals surface area contributed by atoms with E-state index in [0.717, 1.165) is 29.7 Å². The first-order valence-corrected chi connectivity index (χ1v) is 6.67. The number of H-pyrrole nitrogens is 1. The van der Waals surface area contributed by atoms with E-state index >= 15 is 0 Å². The van der Waals surface area contributed by atoms with Gasteiger partial charge in [-0.3, -0.25) is 0 Å². The van der Waals surface area contributed by atoms with E-state index in [-0.39, 0.29) is 6.61 Å². The lowest BCUT2D eigenvalue weighted by atomic mass is 10.1. The van der Waals surface area contributed by atoms with Gasteiger partial charge >= 0.3 is 0 Å². The third-order valence-corrected chi connectivity index (χ3v) is 3.39. The number of benzene rings is 1. The highest BCUT2D eigenvalue weighted by atomic mass is 16.3. The number of hydrogen-bond acceptors (Lipinski definition) is 3. The molecule has 0 aliphatic heterocycles. The maximum atomic E-state index is 9.01. The predicted octanol–water partition coefficient (Wildman–Crippen LogP) is 2.35. The van der Waals surface area contributed by atoms with Crippen LogP contribution in [0.3, 0.4) is 0 Å². The van der Waals surface area contributed by atoms with Gasteiger partial charge in [0.15, 0.2) is 0 Å². The molecule has 0 saturated carbocycles. The summed E-state index contributed by atoms with van der Waals surface area (Å²) < 4.78 is 0. The maximum absolute atomic E-state index is 9.01. The molecule has 3 aromatic rings. The van der Waals surface area contributed by atoms with Crippen molar-refractivity contribution in [3.8, 4) is 0 Å². The van der Waals surface area contributed by atoms with Crippen LogP contribution >= 0.6 is 0 Å². The van der Waals surface area contributed by atoms with Gasteiger partial charge in [0, 0.05) is 30.9 Å². The third kappa shape index (κ3) is 2.71. The van der Waals surface area contributed by atoms with E-state index in [1.165, 1.54) is 11.1 Å². The summed E-state index contributed by atoms with van der Waals surface area (Å²) in [6.45, 7) is 1.70. The summed E-state index contributed by atoms with van der Waals surface area (Å²) in [5.74, 6) is 0. The van der Waals surface area contributed by atoms with Crippen molar-refractivity contribution in [1.82, 2.24) is 15.3 Å². The van der Waals surface area contributed by atoms with E-state index in [0.29, 0.717) is 0 Å². The van der Waals surface area contributed by atoms with Crippen molar-refractivity contribution in [3.63, 3.8) is 0 Å². The number of hydrogen-bond donors (Lipinski definition) is 3. The molecule has 0 saturated heterocycles. The van der Waals surface area contributed by atoms with Crippen LogP contribution in [0.25, 0.3) is 11.0 Å². The summed E-state index contributed by atoms with van der Waals surface area (Å²) >= 11 is 0. The number of aromatic amines is 1.